The summed E-state index contributed by atoms with van der Waals surface area (Å²) in [6, 6.07) is 9.96. The van der Waals surface area contributed by atoms with Crippen LogP contribution in [0, 0.1) is 5.95 Å². The van der Waals surface area contributed by atoms with Gasteiger partial charge in [0.25, 0.3) is 5.91 Å². The van der Waals surface area contributed by atoms with E-state index in [0.29, 0.717) is 0 Å². The highest BCUT2D eigenvalue weighted by Gasteiger charge is 2.14. The molecule has 110 valence electrons. The normalized spacial score (nSPS) is 11.8. The molecule has 1 heterocycles. The first-order chi connectivity index (χ1) is 10.1. The van der Waals surface area contributed by atoms with Gasteiger partial charge >= 0.3 is 0 Å². The minimum absolute atomic E-state index is 0.139. The standard InChI is InChI=1S/C16H17FN2O2/c1-3-14(11-4-6-13(21-2)7-5-11)19-16(20)12-8-9-18-15(17)10-12/h4-10,14H,3H2,1-2H3,(H,19,20). The quantitative estimate of drug-likeness (QED) is 0.860. The van der Waals surface area contributed by atoms with Crippen LogP contribution in [0.3, 0.4) is 0 Å². The molecule has 1 atom stereocenters. The Kier molecular flexibility index (Phi) is 4.87. The third kappa shape index (κ3) is 3.78. The summed E-state index contributed by atoms with van der Waals surface area (Å²) in [6.07, 6.45) is 2.00. The molecule has 0 radical (unpaired) electrons. The number of hydrogen-bond acceptors (Lipinski definition) is 3. The number of nitrogens with zero attached hydrogens (tertiary/aromatic N) is 1. The van der Waals surface area contributed by atoms with Crippen LogP contribution >= 0.6 is 0 Å². The predicted octanol–water partition coefficient (Wildman–Crippen LogP) is 3.11. The van der Waals surface area contributed by atoms with Crippen molar-refractivity contribution >= 4 is 5.91 Å². The minimum Gasteiger partial charge on any atom is -0.497 e. The summed E-state index contributed by atoms with van der Waals surface area (Å²) in [6.45, 7) is 1.97. The first-order valence-corrected chi connectivity index (χ1v) is 6.70. The van der Waals surface area contributed by atoms with E-state index in [4.69, 9.17) is 4.74 Å². The summed E-state index contributed by atoms with van der Waals surface area (Å²) in [5, 5.41) is 2.89. The van der Waals surface area contributed by atoms with Crippen LogP contribution in [0.15, 0.2) is 42.6 Å². The number of ether oxygens (including phenoxy) is 1. The molecule has 2 rings (SSSR count). The van der Waals surface area contributed by atoms with E-state index in [-0.39, 0.29) is 17.5 Å². The number of pyridine rings is 1. The van der Waals surface area contributed by atoms with Gasteiger partial charge < -0.3 is 10.1 Å². The van der Waals surface area contributed by atoms with E-state index in [9.17, 15) is 9.18 Å². The molecule has 4 nitrogen and oxygen atoms in total. The first-order valence-electron chi connectivity index (χ1n) is 6.70. The van der Waals surface area contributed by atoms with Gasteiger partial charge in [0.15, 0.2) is 0 Å². The van der Waals surface area contributed by atoms with Crippen molar-refractivity contribution in [3.63, 3.8) is 0 Å². The number of hydrogen-bond donors (Lipinski definition) is 1. The summed E-state index contributed by atoms with van der Waals surface area (Å²) < 4.78 is 18.2. The molecule has 0 bridgehead atoms. The van der Waals surface area contributed by atoms with Crippen LogP contribution in [0.5, 0.6) is 5.75 Å². The van der Waals surface area contributed by atoms with Gasteiger partial charge in [-0.25, -0.2) is 4.98 Å². The van der Waals surface area contributed by atoms with Gasteiger partial charge in [-0.1, -0.05) is 19.1 Å². The van der Waals surface area contributed by atoms with E-state index in [2.05, 4.69) is 10.3 Å². The van der Waals surface area contributed by atoms with Gasteiger partial charge in [0.1, 0.15) is 5.75 Å². The van der Waals surface area contributed by atoms with Gasteiger partial charge in [0.05, 0.1) is 13.2 Å². The zero-order chi connectivity index (χ0) is 15.2. The second-order valence-electron chi connectivity index (χ2n) is 4.57. The van der Waals surface area contributed by atoms with E-state index in [0.717, 1.165) is 23.8 Å². The molecular weight excluding hydrogens is 271 g/mol. The van der Waals surface area contributed by atoms with E-state index in [1.54, 1.807) is 7.11 Å². The maximum atomic E-state index is 13.0. The Morgan fingerprint density at radius 2 is 2.05 bits per heavy atom. The van der Waals surface area contributed by atoms with E-state index >= 15 is 0 Å². The average molecular weight is 288 g/mol. The lowest BCUT2D eigenvalue weighted by atomic mass is 10.0. The lowest BCUT2D eigenvalue weighted by molar-refractivity contribution is 0.0935. The highest BCUT2D eigenvalue weighted by Crippen LogP contribution is 2.20. The van der Waals surface area contributed by atoms with Crippen molar-refractivity contribution in [2.75, 3.05) is 7.11 Å². The largest absolute Gasteiger partial charge is 0.497 e. The van der Waals surface area contributed by atoms with Crippen LogP contribution in [-0.2, 0) is 0 Å². The number of rotatable bonds is 5. The molecule has 0 aliphatic heterocycles. The topological polar surface area (TPSA) is 51.2 Å². The molecule has 5 heteroatoms. The second kappa shape index (κ2) is 6.83. The third-order valence-electron chi connectivity index (χ3n) is 3.22. The van der Waals surface area contributed by atoms with Crippen LogP contribution in [0.4, 0.5) is 4.39 Å². The maximum absolute atomic E-state index is 13.0. The Morgan fingerprint density at radius 1 is 1.33 bits per heavy atom. The fraction of sp³-hybridized carbons (Fsp3) is 0.250. The number of nitrogens with one attached hydrogen (secondary N) is 1. The van der Waals surface area contributed by atoms with Crippen LogP contribution < -0.4 is 10.1 Å². The lowest BCUT2D eigenvalue weighted by Crippen LogP contribution is -2.28. The number of carbonyl (C=O) groups excluding carboxylic acids is 1. The third-order valence-corrected chi connectivity index (χ3v) is 3.22. The van der Waals surface area contributed by atoms with Crippen LogP contribution in [0.1, 0.15) is 35.3 Å². The Bertz CT molecular complexity index is 614. The second-order valence-corrected chi connectivity index (χ2v) is 4.57. The number of methoxy groups -OCH3 is 1. The van der Waals surface area contributed by atoms with Crippen molar-refractivity contribution in [1.82, 2.24) is 10.3 Å². The molecule has 0 aliphatic rings. The molecule has 0 saturated heterocycles. The zero-order valence-electron chi connectivity index (χ0n) is 12.0. The van der Waals surface area contributed by atoms with Crippen molar-refractivity contribution in [3.05, 3.63) is 59.7 Å². The van der Waals surface area contributed by atoms with Crippen molar-refractivity contribution < 1.29 is 13.9 Å². The highest BCUT2D eigenvalue weighted by molar-refractivity contribution is 5.94. The molecule has 1 unspecified atom stereocenters. The Labute approximate surface area is 123 Å². The SMILES string of the molecule is CCC(NC(=O)c1ccnc(F)c1)c1ccc(OC)cc1. The summed E-state index contributed by atoms with van der Waals surface area (Å²) in [5.74, 6) is -0.227. The van der Waals surface area contributed by atoms with Crippen LogP contribution in [0.2, 0.25) is 0 Å². The molecule has 2 aromatic rings. The molecule has 1 N–H and O–H groups in total. The van der Waals surface area contributed by atoms with Crippen molar-refractivity contribution in [1.29, 1.82) is 0 Å². The average Bonchev–Trinajstić information content (AvgIpc) is 2.52. The van der Waals surface area contributed by atoms with Gasteiger partial charge in [-0.15, -0.1) is 0 Å². The Balaban J connectivity index is 2.12. The number of halogens is 1. The summed E-state index contributed by atoms with van der Waals surface area (Å²) in [5.41, 5.74) is 1.23. The van der Waals surface area contributed by atoms with Gasteiger partial charge in [0, 0.05) is 17.8 Å². The molecule has 0 aliphatic carbocycles. The van der Waals surface area contributed by atoms with Crippen molar-refractivity contribution in [2.45, 2.75) is 19.4 Å². The zero-order valence-corrected chi connectivity index (χ0v) is 12.0. The summed E-state index contributed by atoms with van der Waals surface area (Å²) in [7, 11) is 1.60. The van der Waals surface area contributed by atoms with Gasteiger partial charge in [-0.3, -0.25) is 4.79 Å². The fourth-order valence-electron chi connectivity index (χ4n) is 2.04. The van der Waals surface area contributed by atoms with E-state index in [1.807, 2.05) is 31.2 Å². The minimum atomic E-state index is -0.667. The van der Waals surface area contributed by atoms with E-state index in [1.165, 1.54) is 12.3 Å². The molecule has 1 aromatic heterocycles. The number of benzene rings is 1. The molecule has 21 heavy (non-hydrogen) atoms. The smallest absolute Gasteiger partial charge is 0.251 e. The van der Waals surface area contributed by atoms with Crippen LogP contribution in [-0.4, -0.2) is 18.0 Å². The summed E-state index contributed by atoms with van der Waals surface area (Å²) >= 11 is 0. The van der Waals surface area contributed by atoms with Crippen molar-refractivity contribution in [3.8, 4) is 5.75 Å². The monoisotopic (exact) mass is 288 g/mol. The summed E-state index contributed by atoms with van der Waals surface area (Å²) in [4.78, 5) is 15.6. The molecule has 0 spiro atoms. The number of carbonyl (C=O) groups is 1. The predicted molar refractivity (Wildman–Crippen MR) is 77.7 cm³/mol. The Morgan fingerprint density at radius 3 is 2.62 bits per heavy atom. The van der Waals surface area contributed by atoms with Gasteiger partial charge in [0.2, 0.25) is 5.95 Å². The number of amides is 1. The Hall–Kier alpha value is -2.43. The lowest BCUT2D eigenvalue weighted by Gasteiger charge is -2.18. The molecule has 0 saturated carbocycles. The van der Waals surface area contributed by atoms with E-state index < -0.39 is 5.95 Å². The first kappa shape index (κ1) is 15.0. The van der Waals surface area contributed by atoms with Gasteiger partial charge in [-0.05, 0) is 30.2 Å². The van der Waals surface area contributed by atoms with Crippen molar-refractivity contribution in [2.24, 2.45) is 0 Å². The molecule has 1 amide bonds. The van der Waals surface area contributed by atoms with Gasteiger partial charge in [-0.2, -0.15) is 4.39 Å². The molecule has 1 aromatic carbocycles. The highest BCUT2D eigenvalue weighted by atomic mass is 19.1. The fourth-order valence-corrected chi connectivity index (χ4v) is 2.04. The number of aromatic nitrogens is 1. The van der Waals surface area contributed by atoms with Crippen LogP contribution in [0.25, 0.3) is 0 Å². The molecule has 0 fully saturated rings. The molecular formula is C16H17FN2O2. The maximum Gasteiger partial charge on any atom is 0.251 e.